The lowest BCUT2D eigenvalue weighted by molar-refractivity contribution is -0.120. The van der Waals surface area contributed by atoms with E-state index in [9.17, 15) is 9.59 Å². The van der Waals surface area contributed by atoms with E-state index in [4.69, 9.17) is 4.74 Å². The number of ether oxygens (including phenoxy) is 1. The highest BCUT2D eigenvalue weighted by molar-refractivity contribution is 8.01. The number of amides is 2. The summed E-state index contributed by atoms with van der Waals surface area (Å²) >= 11 is 1.32. The first-order valence-electron chi connectivity index (χ1n) is 9.40. The van der Waals surface area contributed by atoms with Crippen LogP contribution in [0.3, 0.4) is 0 Å². The zero-order valence-electron chi connectivity index (χ0n) is 16.7. The summed E-state index contributed by atoms with van der Waals surface area (Å²) < 4.78 is 5.47. The van der Waals surface area contributed by atoms with Crippen LogP contribution in [0, 0.1) is 6.92 Å². The van der Waals surface area contributed by atoms with Crippen molar-refractivity contribution in [3.63, 3.8) is 0 Å². The number of carbonyl (C=O) groups excluding carboxylic acids is 2. The highest BCUT2D eigenvalue weighted by Crippen LogP contribution is 2.14. The summed E-state index contributed by atoms with van der Waals surface area (Å²) in [5.74, 6) is 0.0264. The summed E-state index contributed by atoms with van der Waals surface area (Å²) in [6, 6.07) is 15.5. The predicted molar refractivity (Wildman–Crippen MR) is 115 cm³/mol. The molecule has 2 N–H and O–H groups in total. The maximum atomic E-state index is 12.4. The Morgan fingerprint density at radius 2 is 1.75 bits per heavy atom. The van der Waals surface area contributed by atoms with Crippen LogP contribution in [0.15, 0.2) is 48.5 Å². The Morgan fingerprint density at radius 3 is 2.43 bits per heavy atom. The lowest BCUT2D eigenvalue weighted by atomic mass is 10.1. The summed E-state index contributed by atoms with van der Waals surface area (Å²) in [6.07, 6.45) is 0. The van der Waals surface area contributed by atoms with Crippen molar-refractivity contribution in [1.82, 2.24) is 5.32 Å². The topological polar surface area (TPSA) is 67.4 Å². The molecular weight excluding hydrogens is 372 g/mol. The number of anilines is 1. The molecule has 0 bridgehead atoms. The van der Waals surface area contributed by atoms with Crippen molar-refractivity contribution in [2.75, 3.05) is 17.7 Å². The van der Waals surface area contributed by atoms with Gasteiger partial charge in [-0.2, -0.15) is 0 Å². The van der Waals surface area contributed by atoms with Gasteiger partial charge in [0.15, 0.2) is 0 Å². The first-order chi connectivity index (χ1) is 13.5. The van der Waals surface area contributed by atoms with Gasteiger partial charge in [-0.3, -0.25) is 9.59 Å². The average Bonchev–Trinajstić information content (AvgIpc) is 2.71. The van der Waals surface area contributed by atoms with Gasteiger partial charge in [0.1, 0.15) is 0 Å². The Hall–Kier alpha value is -2.31. The Balaban J connectivity index is 1.76. The second-order valence-corrected chi connectivity index (χ2v) is 7.82. The smallest absolute Gasteiger partial charge is 0.234 e. The zero-order chi connectivity index (χ0) is 20.4. The van der Waals surface area contributed by atoms with E-state index in [0.717, 1.165) is 22.4 Å². The maximum Gasteiger partial charge on any atom is 0.234 e. The third-order valence-corrected chi connectivity index (χ3v) is 5.35. The lowest BCUT2D eigenvalue weighted by Crippen LogP contribution is -2.31. The molecule has 0 aliphatic heterocycles. The molecule has 0 radical (unpaired) electrons. The zero-order valence-corrected chi connectivity index (χ0v) is 17.5. The second kappa shape index (κ2) is 11.5. The molecule has 0 aliphatic rings. The number of carbonyl (C=O) groups is 2. The van der Waals surface area contributed by atoms with E-state index in [1.807, 2.05) is 69.3 Å². The van der Waals surface area contributed by atoms with Crippen LogP contribution in [0.25, 0.3) is 0 Å². The van der Waals surface area contributed by atoms with E-state index in [1.165, 1.54) is 11.8 Å². The van der Waals surface area contributed by atoms with Crippen LogP contribution in [0.4, 0.5) is 5.69 Å². The number of rotatable bonds is 10. The fourth-order valence-electron chi connectivity index (χ4n) is 2.52. The molecule has 0 saturated heterocycles. The Morgan fingerprint density at radius 1 is 1.07 bits per heavy atom. The monoisotopic (exact) mass is 400 g/mol. The molecular formula is C22H28N2O3S. The fraction of sp³-hybridized carbons (Fsp3) is 0.364. The standard InChI is InChI=1S/C22H28N2O3S/c1-4-27-14-19-8-6-5-7-18(19)13-23-22(26)17(3)28-15-21(25)24-20-11-9-16(2)10-12-20/h5-12,17H,4,13-15H2,1-3H3,(H,23,26)(H,24,25). The van der Waals surface area contributed by atoms with Crippen molar-refractivity contribution in [3.05, 3.63) is 65.2 Å². The first kappa shape index (κ1) is 22.0. The molecule has 150 valence electrons. The SMILES string of the molecule is CCOCc1ccccc1CNC(=O)C(C)SCC(=O)Nc1ccc(C)cc1. The van der Waals surface area contributed by atoms with Crippen LogP contribution in [0.5, 0.6) is 0 Å². The average molecular weight is 401 g/mol. The van der Waals surface area contributed by atoms with Gasteiger partial charge in [-0.05, 0) is 44.0 Å². The van der Waals surface area contributed by atoms with E-state index in [1.54, 1.807) is 0 Å². The molecule has 0 saturated carbocycles. The van der Waals surface area contributed by atoms with Gasteiger partial charge in [-0.15, -0.1) is 11.8 Å². The molecule has 0 heterocycles. The summed E-state index contributed by atoms with van der Waals surface area (Å²) in [4.78, 5) is 24.4. The van der Waals surface area contributed by atoms with Crippen molar-refractivity contribution in [2.45, 2.75) is 39.2 Å². The maximum absolute atomic E-state index is 12.4. The number of hydrogen-bond donors (Lipinski definition) is 2. The van der Waals surface area contributed by atoms with Crippen LogP contribution in [-0.4, -0.2) is 29.4 Å². The molecule has 28 heavy (non-hydrogen) atoms. The number of benzene rings is 2. The van der Waals surface area contributed by atoms with Gasteiger partial charge in [-0.1, -0.05) is 42.0 Å². The Bertz CT molecular complexity index is 778. The molecule has 5 nitrogen and oxygen atoms in total. The van der Waals surface area contributed by atoms with Gasteiger partial charge < -0.3 is 15.4 Å². The molecule has 2 aromatic rings. The van der Waals surface area contributed by atoms with Crippen LogP contribution >= 0.6 is 11.8 Å². The van der Waals surface area contributed by atoms with Crippen molar-refractivity contribution in [2.24, 2.45) is 0 Å². The van der Waals surface area contributed by atoms with Crippen LogP contribution in [0.1, 0.15) is 30.5 Å². The quantitative estimate of drug-likeness (QED) is 0.635. The predicted octanol–water partition coefficient (Wildman–Crippen LogP) is 3.91. The highest BCUT2D eigenvalue weighted by atomic mass is 32.2. The number of hydrogen-bond acceptors (Lipinski definition) is 4. The largest absolute Gasteiger partial charge is 0.377 e. The van der Waals surface area contributed by atoms with Gasteiger partial charge in [0.25, 0.3) is 0 Å². The molecule has 0 aliphatic carbocycles. The minimum atomic E-state index is -0.317. The number of aryl methyl sites for hydroxylation is 1. The van der Waals surface area contributed by atoms with Crippen molar-refractivity contribution in [3.8, 4) is 0 Å². The summed E-state index contributed by atoms with van der Waals surface area (Å²) in [5.41, 5.74) is 4.01. The van der Waals surface area contributed by atoms with E-state index in [2.05, 4.69) is 10.6 Å². The minimum absolute atomic E-state index is 0.0839. The van der Waals surface area contributed by atoms with E-state index >= 15 is 0 Å². The summed E-state index contributed by atoms with van der Waals surface area (Å²) in [6.45, 7) is 7.40. The second-order valence-electron chi connectivity index (χ2n) is 6.49. The normalized spacial score (nSPS) is 11.7. The van der Waals surface area contributed by atoms with Gasteiger partial charge in [-0.25, -0.2) is 0 Å². The van der Waals surface area contributed by atoms with Gasteiger partial charge in [0, 0.05) is 18.8 Å². The van der Waals surface area contributed by atoms with Crippen LogP contribution in [0.2, 0.25) is 0 Å². The van der Waals surface area contributed by atoms with Crippen molar-refractivity contribution in [1.29, 1.82) is 0 Å². The Kier molecular flexibility index (Phi) is 9.04. The summed E-state index contributed by atoms with van der Waals surface area (Å²) in [5, 5.41) is 5.47. The molecule has 2 aromatic carbocycles. The molecule has 1 atom stereocenters. The van der Waals surface area contributed by atoms with Crippen molar-refractivity contribution < 1.29 is 14.3 Å². The first-order valence-corrected chi connectivity index (χ1v) is 10.4. The third kappa shape index (κ3) is 7.37. The molecule has 0 fully saturated rings. The minimum Gasteiger partial charge on any atom is -0.377 e. The van der Waals surface area contributed by atoms with E-state index < -0.39 is 0 Å². The van der Waals surface area contributed by atoms with E-state index in [0.29, 0.717) is 19.8 Å². The molecule has 1 unspecified atom stereocenters. The van der Waals surface area contributed by atoms with Gasteiger partial charge in [0.2, 0.25) is 11.8 Å². The molecule has 0 aromatic heterocycles. The van der Waals surface area contributed by atoms with Crippen LogP contribution in [-0.2, 0) is 27.5 Å². The highest BCUT2D eigenvalue weighted by Gasteiger charge is 2.15. The van der Waals surface area contributed by atoms with Crippen molar-refractivity contribution >= 4 is 29.3 Å². The third-order valence-electron chi connectivity index (χ3n) is 4.20. The fourth-order valence-corrected chi connectivity index (χ4v) is 3.23. The molecule has 2 amide bonds. The summed E-state index contributed by atoms with van der Waals surface area (Å²) in [7, 11) is 0. The Labute approximate surface area is 171 Å². The molecule has 0 spiro atoms. The molecule has 2 rings (SSSR count). The number of thioether (sulfide) groups is 1. The van der Waals surface area contributed by atoms with Gasteiger partial charge in [0.05, 0.1) is 17.6 Å². The van der Waals surface area contributed by atoms with Crippen LogP contribution < -0.4 is 10.6 Å². The van der Waals surface area contributed by atoms with E-state index in [-0.39, 0.29) is 22.8 Å². The molecule has 6 heteroatoms. The lowest BCUT2D eigenvalue weighted by Gasteiger charge is -2.14. The number of nitrogens with one attached hydrogen (secondary N) is 2. The van der Waals surface area contributed by atoms with Gasteiger partial charge >= 0.3 is 0 Å².